The van der Waals surface area contributed by atoms with E-state index < -0.39 is 5.41 Å². The number of carbonyl (C=O) groups excluding carboxylic acids is 1. The van der Waals surface area contributed by atoms with Crippen LogP contribution >= 0.6 is 0 Å². The molecule has 0 bridgehead atoms. The molecule has 0 spiro atoms. The maximum atomic E-state index is 12.4. The van der Waals surface area contributed by atoms with Gasteiger partial charge in [-0.2, -0.15) is 0 Å². The Labute approximate surface area is 119 Å². The van der Waals surface area contributed by atoms with E-state index in [1.807, 2.05) is 38.1 Å². The highest BCUT2D eigenvalue weighted by Gasteiger charge is 2.44. The third kappa shape index (κ3) is 2.78. The Balaban J connectivity index is 2.03. The zero-order valence-corrected chi connectivity index (χ0v) is 12.2. The van der Waals surface area contributed by atoms with Crippen LogP contribution < -0.4 is 15.8 Å². The average Bonchev–Trinajstić information content (AvgIpc) is 2.80. The Morgan fingerprint density at radius 2 is 2.15 bits per heavy atom. The fourth-order valence-corrected chi connectivity index (χ4v) is 2.26. The van der Waals surface area contributed by atoms with Gasteiger partial charge in [-0.3, -0.25) is 4.79 Å². The summed E-state index contributed by atoms with van der Waals surface area (Å²) < 4.78 is 10.4. The van der Waals surface area contributed by atoms with Crippen LogP contribution in [0.1, 0.15) is 25.5 Å². The monoisotopic (exact) mass is 278 g/mol. The van der Waals surface area contributed by atoms with Gasteiger partial charge in [0.25, 0.3) is 0 Å². The second-order valence-corrected chi connectivity index (χ2v) is 5.51. The lowest BCUT2D eigenvalue weighted by molar-refractivity contribution is -0.131. The number of hydrogen-bond acceptors (Lipinski definition) is 4. The second kappa shape index (κ2) is 5.81. The average molecular weight is 278 g/mol. The van der Waals surface area contributed by atoms with Crippen LogP contribution in [0.25, 0.3) is 0 Å². The third-order valence-electron chi connectivity index (χ3n) is 4.00. The molecule has 1 fully saturated rings. The number of methoxy groups -OCH3 is 1. The van der Waals surface area contributed by atoms with Gasteiger partial charge in [-0.15, -0.1) is 0 Å². The van der Waals surface area contributed by atoms with Gasteiger partial charge in [-0.25, -0.2) is 0 Å². The minimum Gasteiger partial charge on any atom is -0.497 e. The first-order chi connectivity index (χ1) is 9.47. The van der Waals surface area contributed by atoms with Crippen molar-refractivity contribution in [3.05, 3.63) is 29.8 Å². The Hall–Kier alpha value is -1.59. The molecule has 2 rings (SSSR count). The van der Waals surface area contributed by atoms with Crippen LogP contribution in [0.15, 0.2) is 24.3 Å². The van der Waals surface area contributed by atoms with Gasteiger partial charge in [-0.1, -0.05) is 12.1 Å². The van der Waals surface area contributed by atoms with Crippen molar-refractivity contribution >= 4 is 5.91 Å². The SMILES string of the molecule is COc1ccc([C@@H](C)NC(=O)C2(C)COCC2N)cc1. The van der Waals surface area contributed by atoms with Gasteiger partial charge in [-0.05, 0) is 31.5 Å². The van der Waals surface area contributed by atoms with Crippen molar-refractivity contribution in [3.8, 4) is 5.75 Å². The maximum Gasteiger partial charge on any atom is 0.230 e. The number of nitrogens with one attached hydrogen (secondary N) is 1. The van der Waals surface area contributed by atoms with Crippen LogP contribution in [0.2, 0.25) is 0 Å². The van der Waals surface area contributed by atoms with E-state index in [1.54, 1.807) is 7.11 Å². The van der Waals surface area contributed by atoms with Crippen molar-refractivity contribution in [1.82, 2.24) is 5.32 Å². The second-order valence-electron chi connectivity index (χ2n) is 5.51. The number of ether oxygens (including phenoxy) is 2. The summed E-state index contributed by atoms with van der Waals surface area (Å²) in [6, 6.07) is 7.30. The third-order valence-corrected chi connectivity index (χ3v) is 4.00. The van der Waals surface area contributed by atoms with E-state index in [9.17, 15) is 4.79 Å². The molecule has 1 heterocycles. The predicted molar refractivity (Wildman–Crippen MR) is 76.5 cm³/mol. The summed E-state index contributed by atoms with van der Waals surface area (Å²) in [6.07, 6.45) is 0. The molecule has 0 aromatic heterocycles. The van der Waals surface area contributed by atoms with Gasteiger partial charge < -0.3 is 20.5 Å². The number of nitrogens with two attached hydrogens (primary N) is 1. The summed E-state index contributed by atoms with van der Waals surface area (Å²) >= 11 is 0. The molecule has 1 saturated heterocycles. The first-order valence-electron chi connectivity index (χ1n) is 6.75. The molecule has 0 aliphatic carbocycles. The molecule has 2 unspecified atom stereocenters. The normalized spacial score (nSPS) is 27.1. The van der Waals surface area contributed by atoms with Crippen LogP contribution in [-0.4, -0.2) is 32.3 Å². The lowest BCUT2D eigenvalue weighted by atomic mass is 9.84. The van der Waals surface area contributed by atoms with Crippen molar-refractivity contribution in [2.24, 2.45) is 11.1 Å². The van der Waals surface area contributed by atoms with Crippen molar-refractivity contribution in [1.29, 1.82) is 0 Å². The highest BCUT2D eigenvalue weighted by Crippen LogP contribution is 2.28. The molecule has 1 aliphatic rings. The van der Waals surface area contributed by atoms with Gasteiger partial charge >= 0.3 is 0 Å². The van der Waals surface area contributed by atoms with Gasteiger partial charge in [0.1, 0.15) is 5.75 Å². The molecule has 0 saturated carbocycles. The zero-order valence-electron chi connectivity index (χ0n) is 12.2. The Bertz CT molecular complexity index is 475. The Morgan fingerprint density at radius 1 is 1.50 bits per heavy atom. The van der Waals surface area contributed by atoms with E-state index in [0.29, 0.717) is 13.2 Å². The molecule has 110 valence electrons. The number of hydrogen-bond donors (Lipinski definition) is 2. The molecule has 0 radical (unpaired) electrons. The highest BCUT2D eigenvalue weighted by atomic mass is 16.5. The fourth-order valence-electron chi connectivity index (χ4n) is 2.26. The van der Waals surface area contributed by atoms with Crippen LogP contribution in [-0.2, 0) is 9.53 Å². The first kappa shape index (κ1) is 14.8. The summed E-state index contributed by atoms with van der Waals surface area (Å²) in [5.74, 6) is 0.733. The zero-order chi connectivity index (χ0) is 14.8. The minimum absolute atomic E-state index is 0.0641. The lowest BCUT2D eigenvalue weighted by Crippen LogP contribution is -2.50. The molecule has 1 aliphatic heterocycles. The van der Waals surface area contributed by atoms with Crippen LogP contribution in [0.5, 0.6) is 5.75 Å². The molecule has 3 atom stereocenters. The van der Waals surface area contributed by atoms with E-state index in [4.69, 9.17) is 15.2 Å². The topological polar surface area (TPSA) is 73.6 Å². The molecule has 1 aromatic rings. The summed E-state index contributed by atoms with van der Waals surface area (Å²) in [6.45, 7) is 4.60. The molecule has 5 nitrogen and oxygen atoms in total. The Kier molecular flexibility index (Phi) is 4.30. The van der Waals surface area contributed by atoms with E-state index in [-0.39, 0.29) is 18.0 Å². The molecular weight excluding hydrogens is 256 g/mol. The lowest BCUT2D eigenvalue weighted by Gasteiger charge is -2.27. The van der Waals surface area contributed by atoms with Crippen molar-refractivity contribution < 1.29 is 14.3 Å². The molecule has 5 heteroatoms. The highest BCUT2D eigenvalue weighted by molar-refractivity contribution is 5.84. The number of amides is 1. The smallest absolute Gasteiger partial charge is 0.230 e. The van der Waals surface area contributed by atoms with Crippen LogP contribution in [0, 0.1) is 5.41 Å². The van der Waals surface area contributed by atoms with E-state index >= 15 is 0 Å². The maximum absolute atomic E-state index is 12.4. The van der Waals surface area contributed by atoms with E-state index in [2.05, 4.69) is 5.32 Å². The first-order valence-corrected chi connectivity index (χ1v) is 6.75. The van der Waals surface area contributed by atoms with E-state index in [0.717, 1.165) is 11.3 Å². The summed E-state index contributed by atoms with van der Waals surface area (Å²) in [5, 5.41) is 3.01. The fraction of sp³-hybridized carbons (Fsp3) is 0.533. The summed E-state index contributed by atoms with van der Waals surface area (Å²) in [5.41, 5.74) is 6.34. The molecule has 20 heavy (non-hydrogen) atoms. The van der Waals surface area contributed by atoms with Crippen molar-refractivity contribution in [2.75, 3.05) is 20.3 Å². The molecule has 3 N–H and O–H groups in total. The van der Waals surface area contributed by atoms with Crippen molar-refractivity contribution in [2.45, 2.75) is 25.9 Å². The van der Waals surface area contributed by atoms with Gasteiger partial charge in [0.2, 0.25) is 5.91 Å². The van der Waals surface area contributed by atoms with Gasteiger partial charge in [0.05, 0.1) is 31.8 Å². The molecule has 1 aromatic carbocycles. The van der Waals surface area contributed by atoms with Crippen molar-refractivity contribution in [3.63, 3.8) is 0 Å². The molecular formula is C15H22N2O3. The Morgan fingerprint density at radius 3 is 2.65 bits per heavy atom. The van der Waals surface area contributed by atoms with E-state index in [1.165, 1.54) is 0 Å². The standard InChI is InChI=1S/C15H22N2O3/c1-10(11-4-6-12(19-3)7-5-11)17-14(18)15(2)9-20-8-13(15)16/h4-7,10,13H,8-9,16H2,1-3H3,(H,17,18)/t10-,13?,15?/m1/s1. The molecule has 1 amide bonds. The quantitative estimate of drug-likeness (QED) is 0.869. The minimum atomic E-state index is -0.652. The van der Waals surface area contributed by atoms with Crippen LogP contribution in [0.4, 0.5) is 0 Å². The predicted octanol–water partition coefficient (Wildman–Crippen LogP) is 1.24. The number of rotatable bonds is 4. The number of benzene rings is 1. The number of carbonyl (C=O) groups is 1. The summed E-state index contributed by atoms with van der Waals surface area (Å²) in [7, 11) is 1.63. The largest absolute Gasteiger partial charge is 0.497 e. The van der Waals surface area contributed by atoms with Gasteiger partial charge in [0, 0.05) is 6.04 Å². The van der Waals surface area contributed by atoms with Crippen LogP contribution in [0.3, 0.4) is 0 Å². The summed E-state index contributed by atoms with van der Waals surface area (Å²) in [4.78, 5) is 12.4. The van der Waals surface area contributed by atoms with Gasteiger partial charge in [0.15, 0.2) is 0 Å².